The number of alkyl halides is 3. The summed E-state index contributed by atoms with van der Waals surface area (Å²) in [6.45, 7) is 3.85. The van der Waals surface area contributed by atoms with E-state index < -0.39 is 11.7 Å². The molecule has 12 heteroatoms. The number of fused-ring (bicyclic) bond motifs is 1. The van der Waals surface area contributed by atoms with Gasteiger partial charge in [-0.2, -0.15) is 13.2 Å². The van der Waals surface area contributed by atoms with Gasteiger partial charge in [0.2, 0.25) is 0 Å². The lowest BCUT2D eigenvalue weighted by Gasteiger charge is -2.33. The SMILES string of the molecule is O=C(NC1CCN(Cc2ccncc2)CC1)c1cc2cc(OC3CCN(c4ccc(C(F)(F)F)cc4)CC3)ccc2o1.O=CO. The Kier molecular flexibility index (Phi) is 10.2. The molecule has 0 aliphatic carbocycles. The molecule has 0 unspecified atom stereocenters. The largest absolute Gasteiger partial charge is 0.490 e. The second kappa shape index (κ2) is 14.5. The molecule has 2 aromatic carbocycles. The van der Waals surface area contributed by atoms with Crippen LogP contribution in [0.15, 0.2) is 77.5 Å². The van der Waals surface area contributed by atoms with Gasteiger partial charge in [0.05, 0.1) is 5.56 Å². The van der Waals surface area contributed by atoms with Crippen LogP contribution in [-0.2, 0) is 17.5 Å². The number of halogens is 3. The number of hydrogen-bond donors (Lipinski definition) is 2. The highest BCUT2D eigenvalue weighted by atomic mass is 19.4. The number of anilines is 1. The summed E-state index contributed by atoms with van der Waals surface area (Å²) in [7, 11) is 0. The monoisotopic (exact) mass is 624 g/mol. The molecule has 0 atom stereocenters. The fourth-order valence-electron chi connectivity index (χ4n) is 5.73. The van der Waals surface area contributed by atoms with Crippen LogP contribution in [0.4, 0.5) is 18.9 Å². The van der Waals surface area contributed by atoms with Crippen molar-refractivity contribution in [3.8, 4) is 5.75 Å². The number of amides is 1. The third kappa shape index (κ3) is 8.53. The Balaban J connectivity index is 0.00000128. The topological polar surface area (TPSA) is 108 Å². The molecule has 1 amide bonds. The van der Waals surface area contributed by atoms with E-state index >= 15 is 0 Å². The quantitative estimate of drug-likeness (QED) is 0.242. The molecular weight excluding hydrogens is 589 g/mol. The number of ether oxygens (including phenoxy) is 1. The summed E-state index contributed by atoms with van der Waals surface area (Å²) in [6, 6.07) is 16.8. The van der Waals surface area contributed by atoms with Crippen LogP contribution in [0, 0.1) is 0 Å². The highest BCUT2D eigenvalue weighted by Crippen LogP contribution is 2.32. The Morgan fingerprint density at radius 1 is 0.978 bits per heavy atom. The third-order valence-electron chi connectivity index (χ3n) is 8.09. The predicted molar refractivity (Wildman–Crippen MR) is 162 cm³/mol. The summed E-state index contributed by atoms with van der Waals surface area (Å²) in [5.41, 5.74) is 2.00. The molecule has 2 N–H and O–H groups in total. The molecule has 2 fully saturated rings. The standard InChI is InChI=1S/C32H33F3N4O3.CH2O2/c33-32(34,35)24-1-3-26(4-2-24)39-17-11-27(12-18-39)41-28-5-6-29-23(19-28)20-30(42-29)31(40)37-25-9-15-38(16-10-25)21-22-7-13-36-14-8-22;2-1-3/h1-8,13-14,19-20,25,27H,9-12,15-18,21H2,(H,37,40);1H,(H,2,3). The van der Waals surface area contributed by atoms with Gasteiger partial charge in [0, 0.05) is 75.1 Å². The molecule has 45 heavy (non-hydrogen) atoms. The van der Waals surface area contributed by atoms with Crippen LogP contribution >= 0.6 is 0 Å². The number of piperidine rings is 2. The zero-order valence-electron chi connectivity index (χ0n) is 24.6. The smallest absolute Gasteiger partial charge is 0.416 e. The molecule has 2 aliphatic heterocycles. The van der Waals surface area contributed by atoms with Crippen LogP contribution in [0.25, 0.3) is 11.0 Å². The number of likely N-dealkylation sites (tertiary alicyclic amines) is 1. The van der Waals surface area contributed by atoms with E-state index in [-0.39, 0.29) is 30.3 Å². The Morgan fingerprint density at radius 2 is 1.64 bits per heavy atom. The molecule has 0 bridgehead atoms. The summed E-state index contributed by atoms with van der Waals surface area (Å²) in [5.74, 6) is 0.771. The van der Waals surface area contributed by atoms with Crippen molar-refractivity contribution in [3.63, 3.8) is 0 Å². The van der Waals surface area contributed by atoms with Crippen LogP contribution in [0.5, 0.6) is 5.75 Å². The van der Waals surface area contributed by atoms with E-state index in [1.807, 2.05) is 42.7 Å². The van der Waals surface area contributed by atoms with Gasteiger partial charge in [-0.25, -0.2) is 0 Å². The molecule has 0 saturated carbocycles. The second-order valence-electron chi connectivity index (χ2n) is 11.1. The van der Waals surface area contributed by atoms with Crippen molar-refractivity contribution in [2.75, 3.05) is 31.1 Å². The Morgan fingerprint density at radius 3 is 2.29 bits per heavy atom. The lowest BCUT2D eigenvalue weighted by Crippen LogP contribution is -2.44. The molecule has 0 radical (unpaired) electrons. The number of pyridine rings is 1. The molecule has 6 rings (SSSR count). The second-order valence-corrected chi connectivity index (χ2v) is 11.1. The summed E-state index contributed by atoms with van der Waals surface area (Å²) in [6.07, 6.45) is 2.54. The first-order valence-electron chi connectivity index (χ1n) is 14.8. The molecule has 2 aliphatic rings. The van der Waals surface area contributed by atoms with E-state index in [2.05, 4.69) is 20.1 Å². The first-order chi connectivity index (χ1) is 21.7. The van der Waals surface area contributed by atoms with E-state index in [1.165, 1.54) is 17.7 Å². The van der Waals surface area contributed by atoms with Crippen LogP contribution < -0.4 is 15.0 Å². The maximum Gasteiger partial charge on any atom is 0.416 e. The molecule has 9 nitrogen and oxygen atoms in total. The average molecular weight is 625 g/mol. The maximum absolute atomic E-state index is 13.0. The summed E-state index contributed by atoms with van der Waals surface area (Å²) < 4.78 is 50.7. The van der Waals surface area contributed by atoms with Crippen molar-refractivity contribution >= 4 is 29.0 Å². The Hall–Kier alpha value is -4.58. The van der Waals surface area contributed by atoms with Gasteiger partial charge in [-0.15, -0.1) is 0 Å². The number of rotatable bonds is 7. The molecule has 2 saturated heterocycles. The zero-order chi connectivity index (χ0) is 31.8. The van der Waals surface area contributed by atoms with E-state index in [0.29, 0.717) is 24.4 Å². The van der Waals surface area contributed by atoms with Gasteiger partial charge in [-0.3, -0.25) is 19.5 Å². The van der Waals surface area contributed by atoms with Crippen molar-refractivity contribution in [1.29, 1.82) is 0 Å². The van der Waals surface area contributed by atoms with E-state index in [0.717, 1.165) is 68.5 Å². The van der Waals surface area contributed by atoms with E-state index in [1.54, 1.807) is 6.07 Å². The first kappa shape index (κ1) is 31.8. The van der Waals surface area contributed by atoms with Crippen molar-refractivity contribution in [1.82, 2.24) is 15.2 Å². The Bertz CT molecular complexity index is 1550. The average Bonchev–Trinajstić information content (AvgIpc) is 3.47. The van der Waals surface area contributed by atoms with E-state index in [4.69, 9.17) is 19.1 Å². The van der Waals surface area contributed by atoms with Gasteiger partial charge in [0.15, 0.2) is 5.76 Å². The minimum atomic E-state index is -4.33. The maximum atomic E-state index is 13.0. The first-order valence-corrected chi connectivity index (χ1v) is 14.8. The van der Waals surface area contributed by atoms with Gasteiger partial charge < -0.3 is 24.5 Å². The zero-order valence-corrected chi connectivity index (χ0v) is 24.6. The number of furan rings is 1. The normalized spacial score (nSPS) is 16.6. The number of hydrogen-bond acceptors (Lipinski definition) is 7. The number of aromatic nitrogens is 1. The van der Waals surface area contributed by atoms with E-state index in [9.17, 15) is 18.0 Å². The molecule has 2 aromatic heterocycles. The minimum Gasteiger partial charge on any atom is -0.490 e. The minimum absolute atomic E-state index is 0.00718. The predicted octanol–water partition coefficient (Wildman–Crippen LogP) is 5.99. The molecule has 4 aromatic rings. The fourth-order valence-corrected chi connectivity index (χ4v) is 5.73. The van der Waals surface area contributed by atoms with Gasteiger partial charge in [0.25, 0.3) is 12.4 Å². The number of carbonyl (C=O) groups is 2. The van der Waals surface area contributed by atoms with Crippen molar-refractivity contribution in [3.05, 3.63) is 89.9 Å². The van der Waals surface area contributed by atoms with Crippen LogP contribution in [0.1, 0.15) is 47.4 Å². The molecular formula is C33H35F3N4O5. The van der Waals surface area contributed by atoms with Gasteiger partial charge in [0.1, 0.15) is 17.4 Å². The van der Waals surface area contributed by atoms with Crippen LogP contribution in [-0.4, -0.2) is 65.7 Å². The van der Waals surface area contributed by atoms with Crippen molar-refractivity contribution in [2.45, 2.75) is 50.6 Å². The van der Waals surface area contributed by atoms with Crippen LogP contribution in [0.2, 0.25) is 0 Å². The van der Waals surface area contributed by atoms with Crippen LogP contribution in [0.3, 0.4) is 0 Å². The summed E-state index contributed by atoms with van der Waals surface area (Å²) in [4.78, 5) is 29.9. The number of nitrogens with zero attached hydrogens (tertiary/aromatic N) is 3. The summed E-state index contributed by atoms with van der Waals surface area (Å²) >= 11 is 0. The van der Waals surface area contributed by atoms with Gasteiger partial charge in [-0.1, -0.05) is 0 Å². The Labute approximate surface area is 258 Å². The lowest BCUT2D eigenvalue weighted by molar-refractivity contribution is -0.137. The lowest BCUT2D eigenvalue weighted by atomic mass is 10.0. The number of carbonyl (C=O) groups excluding carboxylic acids is 1. The summed E-state index contributed by atoms with van der Waals surface area (Å²) in [5, 5.41) is 10.8. The number of nitrogens with one attached hydrogen (secondary N) is 1. The fraction of sp³-hybridized carbons (Fsp3) is 0.364. The highest BCUT2D eigenvalue weighted by Gasteiger charge is 2.30. The molecule has 4 heterocycles. The van der Waals surface area contributed by atoms with Crippen molar-refractivity contribution < 1.29 is 37.0 Å². The number of benzene rings is 2. The molecule has 238 valence electrons. The number of carboxylic acid groups (broad SMARTS) is 1. The van der Waals surface area contributed by atoms with Gasteiger partial charge in [-0.05, 0) is 79.1 Å². The highest BCUT2D eigenvalue weighted by molar-refractivity contribution is 5.96. The third-order valence-corrected chi connectivity index (χ3v) is 8.09. The van der Waals surface area contributed by atoms with Crippen molar-refractivity contribution in [2.24, 2.45) is 0 Å². The van der Waals surface area contributed by atoms with Gasteiger partial charge >= 0.3 is 6.18 Å². The molecule has 0 spiro atoms.